The van der Waals surface area contributed by atoms with Crippen LogP contribution in [0.3, 0.4) is 0 Å². The molecule has 0 unspecified atom stereocenters. The molecule has 0 amide bonds. The van der Waals surface area contributed by atoms with E-state index in [0.29, 0.717) is 18.4 Å². The maximum Gasteiger partial charge on any atom is 0.224 e. The van der Waals surface area contributed by atoms with Crippen LogP contribution in [0.1, 0.15) is 12.5 Å². The zero-order valence-corrected chi connectivity index (χ0v) is 12.9. The number of hydrogen-bond donors (Lipinski definition) is 2. The largest absolute Gasteiger partial charge is 0.481 e. The highest BCUT2D eigenvalue weighted by Gasteiger charge is 2.05. The van der Waals surface area contributed by atoms with Crippen LogP contribution in [0.5, 0.6) is 5.88 Å². The SMILES string of the molecule is CCNc1ncc(Br)c(NCc2ccnc(OC)c2)n1. The Bertz CT molecular complexity index is 578. The Morgan fingerprint density at radius 2 is 2.15 bits per heavy atom. The van der Waals surface area contributed by atoms with Crippen molar-refractivity contribution in [3.63, 3.8) is 0 Å². The van der Waals surface area contributed by atoms with Crippen LogP contribution >= 0.6 is 15.9 Å². The molecule has 0 atom stereocenters. The molecule has 6 nitrogen and oxygen atoms in total. The Hall–Kier alpha value is -1.89. The van der Waals surface area contributed by atoms with Crippen LogP contribution in [0.15, 0.2) is 29.0 Å². The van der Waals surface area contributed by atoms with Crippen LogP contribution in [0.2, 0.25) is 0 Å². The Morgan fingerprint density at radius 1 is 1.30 bits per heavy atom. The summed E-state index contributed by atoms with van der Waals surface area (Å²) in [5.74, 6) is 1.94. The third-order valence-corrected chi connectivity index (χ3v) is 3.13. The second kappa shape index (κ2) is 7.04. The van der Waals surface area contributed by atoms with Crippen molar-refractivity contribution in [2.45, 2.75) is 13.5 Å². The molecule has 0 saturated carbocycles. The predicted molar refractivity (Wildman–Crippen MR) is 82.0 cm³/mol. The minimum Gasteiger partial charge on any atom is -0.481 e. The molecule has 0 aromatic carbocycles. The fourth-order valence-corrected chi connectivity index (χ4v) is 1.92. The zero-order chi connectivity index (χ0) is 14.4. The van der Waals surface area contributed by atoms with Crippen LogP contribution in [-0.4, -0.2) is 28.6 Å². The van der Waals surface area contributed by atoms with Crippen molar-refractivity contribution < 1.29 is 4.74 Å². The number of rotatable bonds is 6. The van der Waals surface area contributed by atoms with Crippen molar-refractivity contribution in [1.82, 2.24) is 15.0 Å². The fourth-order valence-electron chi connectivity index (χ4n) is 1.59. The van der Waals surface area contributed by atoms with Crippen molar-refractivity contribution in [2.24, 2.45) is 0 Å². The highest BCUT2D eigenvalue weighted by atomic mass is 79.9. The van der Waals surface area contributed by atoms with Crippen LogP contribution in [-0.2, 0) is 6.54 Å². The first-order chi connectivity index (χ1) is 9.72. The first-order valence-electron chi connectivity index (χ1n) is 6.22. The maximum atomic E-state index is 5.10. The topological polar surface area (TPSA) is 72.0 Å². The van der Waals surface area contributed by atoms with Gasteiger partial charge in [0.1, 0.15) is 5.82 Å². The van der Waals surface area contributed by atoms with Crippen molar-refractivity contribution in [2.75, 3.05) is 24.3 Å². The van der Waals surface area contributed by atoms with Gasteiger partial charge in [-0.05, 0) is 34.5 Å². The second-order valence-electron chi connectivity index (χ2n) is 3.98. The summed E-state index contributed by atoms with van der Waals surface area (Å²) in [7, 11) is 1.60. The Labute approximate surface area is 126 Å². The number of nitrogens with zero attached hydrogens (tertiary/aromatic N) is 3. The zero-order valence-electron chi connectivity index (χ0n) is 11.4. The lowest BCUT2D eigenvalue weighted by molar-refractivity contribution is 0.397. The summed E-state index contributed by atoms with van der Waals surface area (Å²) in [5, 5.41) is 6.34. The van der Waals surface area contributed by atoms with Gasteiger partial charge >= 0.3 is 0 Å². The number of pyridine rings is 1. The van der Waals surface area contributed by atoms with Gasteiger partial charge in [0.15, 0.2) is 0 Å². The summed E-state index contributed by atoms with van der Waals surface area (Å²) in [6, 6.07) is 3.81. The standard InChI is InChI=1S/C13H16BrN5O/c1-3-15-13-18-8-10(14)12(19-13)17-7-9-4-5-16-11(6-9)20-2/h4-6,8H,3,7H2,1-2H3,(H2,15,17,18,19). The summed E-state index contributed by atoms with van der Waals surface area (Å²) < 4.78 is 5.92. The van der Waals surface area contributed by atoms with Crippen molar-refractivity contribution in [1.29, 1.82) is 0 Å². The fraction of sp³-hybridized carbons (Fsp3) is 0.308. The molecule has 0 spiro atoms. The molecule has 20 heavy (non-hydrogen) atoms. The van der Waals surface area contributed by atoms with E-state index in [0.717, 1.165) is 22.4 Å². The molecule has 0 bridgehead atoms. The Balaban J connectivity index is 2.07. The van der Waals surface area contributed by atoms with E-state index in [2.05, 4.69) is 41.5 Å². The van der Waals surface area contributed by atoms with Gasteiger partial charge in [-0.3, -0.25) is 0 Å². The quantitative estimate of drug-likeness (QED) is 0.844. The Morgan fingerprint density at radius 3 is 2.90 bits per heavy atom. The predicted octanol–water partition coefficient (Wildman–Crippen LogP) is 2.69. The lowest BCUT2D eigenvalue weighted by atomic mass is 10.2. The molecule has 2 aromatic rings. The Kier molecular flexibility index (Phi) is 5.11. The van der Waals surface area contributed by atoms with Gasteiger partial charge in [0.25, 0.3) is 0 Å². The third kappa shape index (κ3) is 3.80. The summed E-state index contributed by atoms with van der Waals surface area (Å²) in [5.41, 5.74) is 1.06. The van der Waals surface area contributed by atoms with Crippen LogP contribution in [0.4, 0.5) is 11.8 Å². The van der Waals surface area contributed by atoms with Gasteiger partial charge in [0.05, 0.1) is 11.6 Å². The van der Waals surface area contributed by atoms with Crippen molar-refractivity contribution in [3.8, 4) is 5.88 Å². The summed E-state index contributed by atoms with van der Waals surface area (Å²) in [6.45, 7) is 3.41. The molecular formula is C13H16BrN5O. The van der Waals surface area contributed by atoms with Crippen LogP contribution < -0.4 is 15.4 Å². The van der Waals surface area contributed by atoms with E-state index < -0.39 is 0 Å². The molecule has 0 saturated heterocycles. The van der Waals surface area contributed by atoms with E-state index >= 15 is 0 Å². The van der Waals surface area contributed by atoms with Crippen molar-refractivity contribution >= 4 is 27.7 Å². The summed E-state index contributed by atoms with van der Waals surface area (Å²) >= 11 is 3.43. The first-order valence-corrected chi connectivity index (χ1v) is 7.01. The number of aromatic nitrogens is 3. The average Bonchev–Trinajstić information content (AvgIpc) is 2.48. The van der Waals surface area contributed by atoms with E-state index in [9.17, 15) is 0 Å². The minimum absolute atomic E-state index is 0.597. The molecule has 0 radical (unpaired) electrons. The number of hydrogen-bond acceptors (Lipinski definition) is 6. The number of methoxy groups -OCH3 is 1. The number of ether oxygens (including phenoxy) is 1. The molecule has 0 aliphatic heterocycles. The second-order valence-corrected chi connectivity index (χ2v) is 4.83. The molecule has 0 aliphatic carbocycles. The van der Waals surface area contributed by atoms with E-state index in [1.807, 2.05) is 19.1 Å². The third-order valence-electron chi connectivity index (χ3n) is 2.55. The van der Waals surface area contributed by atoms with Crippen LogP contribution in [0, 0.1) is 0 Å². The van der Waals surface area contributed by atoms with Gasteiger partial charge < -0.3 is 15.4 Å². The number of nitrogens with one attached hydrogen (secondary N) is 2. The van der Waals surface area contributed by atoms with Gasteiger partial charge in [-0.2, -0.15) is 4.98 Å². The van der Waals surface area contributed by atoms with E-state index in [-0.39, 0.29) is 0 Å². The average molecular weight is 338 g/mol. The summed E-state index contributed by atoms with van der Waals surface area (Å²) in [6.07, 6.45) is 3.44. The lowest BCUT2D eigenvalue weighted by Crippen LogP contribution is -2.07. The molecule has 0 aliphatic rings. The molecule has 2 aromatic heterocycles. The lowest BCUT2D eigenvalue weighted by Gasteiger charge is -2.10. The molecule has 2 heterocycles. The molecule has 7 heteroatoms. The van der Waals surface area contributed by atoms with Gasteiger partial charge in [-0.15, -0.1) is 0 Å². The monoisotopic (exact) mass is 337 g/mol. The molecule has 0 fully saturated rings. The highest BCUT2D eigenvalue weighted by Crippen LogP contribution is 2.21. The number of halogens is 1. The van der Waals surface area contributed by atoms with E-state index in [4.69, 9.17) is 4.74 Å². The van der Waals surface area contributed by atoms with Crippen molar-refractivity contribution in [3.05, 3.63) is 34.6 Å². The van der Waals surface area contributed by atoms with Crippen LogP contribution in [0.25, 0.3) is 0 Å². The molecular weight excluding hydrogens is 322 g/mol. The highest BCUT2D eigenvalue weighted by molar-refractivity contribution is 9.10. The van der Waals surface area contributed by atoms with Gasteiger partial charge in [0.2, 0.25) is 11.8 Å². The normalized spacial score (nSPS) is 10.2. The first kappa shape index (κ1) is 14.5. The molecule has 106 valence electrons. The maximum absolute atomic E-state index is 5.10. The minimum atomic E-state index is 0.597. The number of anilines is 2. The van der Waals surface area contributed by atoms with E-state index in [1.165, 1.54) is 0 Å². The van der Waals surface area contributed by atoms with E-state index in [1.54, 1.807) is 19.5 Å². The van der Waals surface area contributed by atoms with Gasteiger partial charge in [0, 0.05) is 31.5 Å². The van der Waals surface area contributed by atoms with Gasteiger partial charge in [-0.25, -0.2) is 9.97 Å². The molecule has 2 N–H and O–H groups in total. The smallest absolute Gasteiger partial charge is 0.224 e. The van der Waals surface area contributed by atoms with Gasteiger partial charge in [-0.1, -0.05) is 0 Å². The summed E-state index contributed by atoms with van der Waals surface area (Å²) in [4.78, 5) is 12.6. The molecule has 2 rings (SSSR count).